The van der Waals surface area contributed by atoms with Gasteiger partial charge in [-0.15, -0.1) is 0 Å². The van der Waals surface area contributed by atoms with E-state index in [2.05, 4.69) is 9.88 Å². The summed E-state index contributed by atoms with van der Waals surface area (Å²) in [7, 11) is 0. The number of likely N-dealkylation sites (tertiary alicyclic amines) is 1. The van der Waals surface area contributed by atoms with Gasteiger partial charge in [-0.25, -0.2) is 0 Å². The zero-order valence-corrected chi connectivity index (χ0v) is 16.6. The van der Waals surface area contributed by atoms with Gasteiger partial charge in [0.25, 0.3) is 5.91 Å². The Balaban J connectivity index is 1.64. The second kappa shape index (κ2) is 8.10. The number of ether oxygens (including phenoxy) is 1. The number of piperidine rings is 1. The summed E-state index contributed by atoms with van der Waals surface area (Å²) < 4.78 is 5.49. The third-order valence-corrected chi connectivity index (χ3v) is 5.98. The van der Waals surface area contributed by atoms with Crippen molar-refractivity contribution >= 4 is 5.91 Å². The monoisotopic (exact) mass is 397 g/mol. The molecule has 7 heteroatoms. The van der Waals surface area contributed by atoms with E-state index in [-0.39, 0.29) is 17.5 Å². The molecule has 0 radical (unpaired) electrons. The number of hydrogen-bond acceptors (Lipinski definition) is 5. The molecule has 2 saturated heterocycles. The van der Waals surface area contributed by atoms with Crippen LogP contribution in [-0.2, 0) is 10.3 Å². The first-order valence-corrected chi connectivity index (χ1v) is 10.1. The molecule has 1 aromatic heterocycles. The fourth-order valence-electron chi connectivity index (χ4n) is 4.47. The van der Waals surface area contributed by atoms with Crippen molar-refractivity contribution in [3.05, 3.63) is 69.6 Å². The van der Waals surface area contributed by atoms with Gasteiger partial charge in [0.2, 0.25) is 5.56 Å². The lowest BCUT2D eigenvalue weighted by atomic mass is 9.79. The third-order valence-electron chi connectivity index (χ3n) is 5.98. The average Bonchev–Trinajstić information content (AvgIpc) is 2.74. The van der Waals surface area contributed by atoms with Crippen LogP contribution in [0.4, 0.5) is 0 Å². The number of H-pyrrole nitrogens is 1. The van der Waals surface area contributed by atoms with E-state index in [4.69, 9.17) is 4.74 Å². The van der Waals surface area contributed by atoms with Crippen LogP contribution in [0.25, 0.3) is 0 Å². The lowest BCUT2D eigenvalue weighted by molar-refractivity contribution is -0.112. The zero-order valence-electron chi connectivity index (χ0n) is 16.6. The number of pyridine rings is 1. The molecule has 3 heterocycles. The van der Waals surface area contributed by atoms with E-state index in [0.29, 0.717) is 57.1 Å². The number of morpholine rings is 1. The molecule has 29 heavy (non-hydrogen) atoms. The largest absolute Gasteiger partial charge is 0.383 e. The summed E-state index contributed by atoms with van der Waals surface area (Å²) >= 11 is 0. The fraction of sp³-hybridized carbons (Fsp3) is 0.455. The van der Waals surface area contributed by atoms with Crippen LogP contribution in [0.5, 0.6) is 0 Å². The quantitative estimate of drug-likeness (QED) is 0.811. The van der Waals surface area contributed by atoms with Crippen LogP contribution in [0, 0.1) is 6.92 Å². The molecule has 7 nitrogen and oxygen atoms in total. The normalized spacial score (nSPS) is 25.7. The maximum atomic E-state index is 13.1. The summed E-state index contributed by atoms with van der Waals surface area (Å²) in [6.45, 7) is 5.25. The van der Waals surface area contributed by atoms with E-state index in [0.717, 1.165) is 5.56 Å². The summed E-state index contributed by atoms with van der Waals surface area (Å²) in [5, 5.41) is 11.7. The maximum absolute atomic E-state index is 13.1. The Morgan fingerprint density at radius 2 is 1.90 bits per heavy atom. The van der Waals surface area contributed by atoms with E-state index >= 15 is 0 Å². The van der Waals surface area contributed by atoms with Crippen molar-refractivity contribution in [2.75, 3.05) is 39.4 Å². The number of amides is 1. The van der Waals surface area contributed by atoms with Crippen molar-refractivity contribution in [3.63, 3.8) is 0 Å². The summed E-state index contributed by atoms with van der Waals surface area (Å²) in [5.74, 6) is -0.174. The topological polar surface area (TPSA) is 85.9 Å². The summed E-state index contributed by atoms with van der Waals surface area (Å²) in [6.07, 6.45) is 0.437. The van der Waals surface area contributed by atoms with Crippen LogP contribution in [0.2, 0.25) is 0 Å². The summed E-state index contributed by atoms with van der Waals surface area (Å²) in [4.78, 5) is 31.6. The highest BCUT2D eigenvalue weighted by Gasteiger charge is 2.47. The molecule has 2 fully saturated rings. The molecule has 2 aliphatic heterocycles. The number of carbonyl (C=O) groups is 1. The van der Waals surface area contributed by atoms with E-state index < -0.39 is 5.60 Å². The molecule has 4 rings (SSSR count). The number of nitrogens with zero attached hydrogens (tertiary/aromatic N) is 2. The van der Waals surface area contributed by atoms with Gasteiger partial charge in [-0.2, -0.15) is 0 Å². The van der Waals surface area contributed by atoms with Gasteiger partial charge in [0.05, 0.1) is 19.3 Å². The molecular weight excluding hydrogens is 370 g/mol. The van der Waals surface area contributed by atoms with Crippen LogP contribution in [0.3, 0.4) is 0 Å². The van der Waals surface area contributed by atoms with Crippen molar-refractivity contribution in [1.82, 2.24) is 14.8 Å². The van der Waals surface area contributed by atoms with Gasteiger partial charge in [0.15, 0.2) is 0 Å². The minimum absolute atomic E-state index is 0.174. The second-order valence-corrected chi connectivity index (χ2v) is 7.87. The number of aromatic amines is 1. The molecule has 0 aliphatic carbocycles. The molecule has 2 N–H and O–H groups in total. The number of rotatable bonds is 3. The van der Waals surface area contributed by atoms with Gasteiger partial charge in [0, 0.05) is 43.5 Å². The first-order chi connectivity index (χ1) is 14.0. The number of aryl methyl sites for hydroxylation is 1. The lowest BCUT2D eigenvalue weighted by Gasteiger charge is -2.50. The highest BCUT2D eigenvalue weighted by molar-refractivity contribution is 5.94. The van der Waals surface area contributed by atoms with Crippen molar-refractivity contribution in [2.45, 2.75) is 25.0 Å². The lowest BCUT2D eigenvalue weighted by Crippen LogP contribution is -2.63. The number of aliphatic hydroxyl groups is 1. The van der Waals surface area contributed by atoms with Crippen LogP contribution in [0.15, 0.2) is 47.3 Å². The van der Waals surface area contributed by atoms with Crippen LogP contribution in [-0.4, -0.2) is 71.2 Å². The smallest absolute Gasteiger partial charge is 0.254 e. The summed E-state index contributed by atoms with van der Waals surface area (Å²) in [6, 6.07) is 12.5. The van der Waals surface area contributed by atoms with Crippen LogP contribution < -0.4 is 5.56 Å². The minimum Gasteiger partial charge on any atom is -0.383 e. The van der Waals surface area contributed by atoms with Gasteiger partial charge in [0.1, 0.15) is 5.60 Å². The number of benzene rings is 1. The van der Waals surface area contributed by atoms with Gasteiger partial charge in [-0.1, -0.05) is 30.3 Å². The molecule has 2 aliphatic rings. The zero-order chi connectivity index (χ0) is 20.4. The molecular formula is C22H27N3O4. The first kappa shape index (κ1) is 19.8. The highest BCUT2D eigenvalue weighted by atomic mass is 16.5. The highest BCUT2D eigenvalue weighted by Crippen LogP contribution is 2.36. The fourth-order valence-corrected chi connectivity index (χ4v) is 4.47. The number of carbonyl (C=O) groups excluding carboxylic acids is 1. The van der Waals surface area contributed by atoms with E-state index in [9.17, 15) is 14.7 Å². The molecule has 0 bridgehead atoms. The Kier molecular flexibility index (Phi) is 5.54. The predicted octanol–water partition coefficient (Wildman–Crippen LogP) is 1.12. The van der Waals surface area contributed by atoms with Crippen LogP contribution >= 0.6 is 0 Å². The number of hydrogen-bond donors (Lipinski definition) is 2. The van der Waals surface area contributed by atoms with Gasteiger partial charge in [-0.3, -0.25) is 14.5 Å². The molecule has 154 valence electrons. The Bertz CT molecular complexity index is 923. The molecule has 0 saturated carbocycles. The molecule has 1 amide bonds. The second-order valence-electron chi connectivity index (χ2n) is 7.87. The van der Waals surface area contributed by atoms with E-state index in [1.54, 1.807) is 17.9 Å². The standard InChI is InChI=1S/C22H27N3O4/c1-16-13-17(14-20(26)23-16)21(27)25-8-7-22(28,18-5-3-2-4-6-18)19(15-25)24-9-11-29-12-10-24/h2-6,13-14,19,28H,7-12,15H2,1H3,(H,23,26)/t19-,22+/m1/s1. The first-order valence-electron chi connectivity index (χ1n) is 10.1. The van der Waals surface area contributed by atoms with Crippen molar-refractivity contribution in [2.24, 2.45) is 0 Å². The maximum Gasteiger partial charge on any atom is 0.254 e. The Morgan fingerprint density at radius 1 is 1.17 bits per heavy atom. The van der Waals surface area contributed by atoms with Gasteiger partial charge >= 0.3 is 0 Å². The molecule has 0 unspecified atom stereocenters. The van der Waals surface area contributed by atoms with Crippen LogP contribution in [0.1, 0.15) is 28.0 Å². The number of nitrogens with one attached hydrogen (secondary N) is 1. The third kappa shape index (κ3) is 3.99. The Hall–Kier alpha value is -2.48. The average molecular weight is 397 g/mol. The number of aromatic nitrogens is 1. The van der Waals surface area contributed by atoms with Crippen molar-refractivity contribution in [1.29, 1.82) is 0 Å². The Labute approximate surface area is 169 Å². The molecule has 2 atom stereocenters. The Morgan fingerprint density at radius 3 is 2.59 bits per heavy atom. The van der Waals surface area contributed by atoms with Gasteiger partial charge in [-0.05, 0) is 25.0 Å². The molecule has 0 spiro atoms. The predicted molar refractivity (Wildman–Crippen MR) is 109 cm³/mol. The molecule has 2 aromatic rings. The van der Waals surface area contributed by atoms with Crippen molar-refractivity contribution in [3.8, 4) is 0 Å². The minimum atomic E-state index is -1.04. The summed E-state index contributed by atoms with van der Waals surface area (Å²) in [5.41, 5.74) is 0.589. The van der Waals surface area contributed by atoms with Gasteiger partial charge < -0.3 is 19.7 Å². The van der Waals surface area contributed by atoms with E-state index in [1.807, 2.05) is 30.3 Å². The molecule has 1 aromatic carbocycles. The van der Waals surface area contributed by atoms with E-state index in [1.165, 1.54) is 6.07 Å². The van der Waals surface area contributed by atoms with Crippen molar-refractivity contribution < 1.29 is 14.6 Å². The SMILES string of the molecule is Cc1cc(C(=O)N2CC[C@](O)(c3ccccc3)[C@H](N3CCOCC3)C2)cc(=O)[nH]1.